The highest BCUT2D eigenvalue weighted by atomic mass is 35.5. The van der Waals surface area contributed by atoms with Crippen molar-refractivity contribution in [2.75, 3.05) is 12.4 Å². The Morgan fingerprint density at radius 1 is 1.11 bits per heavy atom. The van der Waals surface area contributed by atoms with Gasteiger partial charge in [-0.2, -0.15) is 0 Å². The van der Waals surface area contributed by atoms with E-state index in [0.717, 1.165) is 5.57 Å². The van der Waals surface area contributed by atoms with Crippen LogP contribution in [-0.4, -0.2) is 36.0 Å². The molecule has 0 fully saturated rings. The molecule has 0 bridgehead atoms. The summed E-state index contributed by atoms with van der Waals surface area (Å²) in [7, 11) is 1.49. The lowest BCUT2D eigenvalue weighted by Gasteiger charge is -2.19. The molecule has 0 unspecified atom stereocenters. The van der Waals surface area contributed by atoms with Gasteiger partial charge in [0.1, 0.15) is 17.9 Å². The van der Waals surface area contributed by atoms with Gasteiger partial charge in [-0.25, -0.2) is 4.79 Å². The zero-order valence-electron chi connectivity index (χ0n) is 21.5. The molecule has 1 aliphatic rings. The molecule has 2 N–H and O–H groups in total. The number of cyclic esters (lactones) is 1. The Kier molecular flexibility index (Phi) is 9.90. The van der Waals surface area contributed by atoms with E-state index in [1.165, 1.54) is 7.11 Å². The van der Waals surface area contributed by atoms with E-state index < -0.39 is 17.9 Å². The second kappa shape index (κ2) is 13.1. The molecule has 3 rings (SSSR count). The van der Waals surface area contributed by atoms with E-state index in [2.05, 4.69) is 5.32 Å². The van der Waals surface area contributed by atoms with Crippen molar-refractivity contribution in [1.82, 2.24) is 0 Å². The number of anilines is 1. The molecule has 2 aromatic carbocycles. The maximum atomic E-state index is 12.8. The largest absolute Gasteiger partial charge is 0.496 e. The summed E-state index contributed by atoms with van der Waals surface area (Å²) < 4.78 is 16.6. The summed E-state index contributed by atoms with van der Waals surface area (Å²) in [5.41, 5.74) is 3.40. The number of fused-ring (bicyclic) bond motifs is 1. The molecule has 10 heteroatoms. The van der Waals surface area contributed by atoms with Crippen LogP contribution in [0.3, 0.4) is 0 Å². The molecule has 2 aromatic rings. The van der Waals surface area contributed by atoms with E-state index in [1.807, 2.05) is 13.0 Å². The van der Waals surface area contributed by atoms with Crippen molar-refractivity contribution in [3.8, 4) is 11.5 Å². The fourth-order valence-corrected chi connectivity index (χ4v) is 4.25. The number of esters is 2. The van der Waals surface area contributed by atoms with Crippen LogP contribution in [0.5, 0.6) is 11.5 Å². The van der Waals surface area contributed by atoms with Crippen molar-refractivity contribution >= 4 is 41.1 Å². The topological polar surface area (TPSA) is 128 Å². The highest BCUT2D eigenvalue weighted by Gasteiger charge is 2.34. The predicted octanol–water partition coefficient (Wildman–Crippen LogP) is 5.40. The maximum Gasteiger partial charge on any atom is 0.342 e. The Morgan fingerprint density at radius 3 is 2.47 bits per heavy atom. The van der Waals surface area contributed by atoms with Crippen molar-refractivity contribution in [2.45, 2.75) is 59.0 Å². The van der Waals surface area contributed by atoms with Crippen molar-refractivity contribution in [3.63, 3.8) is 0 Å². The minimum absolute atomic E-state index is 0.0115. The fraction of sp³-hybridized carbons (Fsp3) is 0.357. The molecule has 0 aromatic heterocycles. The lowest BCUT2D eigenvalue weighted by Crippen LogP contribution is -2.16. The van der Waals surface area contributed by atoms with Crippen LogP contribution >= 0.6 is 11.6 Å². The number of amides is 1. The first-order chi connectivity index (χ1) is 18.1. The third-order valence-electron chi connectivity index (χ3n) is 6.14. The van der Waals surface area contributed by atoms with Crippen LogP contribution < -0.4 is 14.8 Å². The minimum atomic E-state index is -0.900. The summed E-state index contributed by atoms with van der Waals surface area (Å²) in [5, 5.41) is 12.2. The zero-order valence-corrected chi connectivity index (χ0v) is 22.3. The first-order valence-corrected chi connectivity index (χ1v) is 12.5. The third-order valence-corrected chi connectivity index (χ3v) is 6.39. The smallest absolute Gasteiger partial charge is 0.342 e. The van der Waals surface area contributed by atoms with E-state index in [1.54, 1.807) is 31.2 Å². The number of hydrogen-bond acceptors (Lipinski definition) is 7. The van der Waals surface area contributed by atoms with Crippen LogP contribution in [0.1, 0.15) is 66.1 Å². The lowest BCUT2D eigenvalue weighted by atomic mass is 9.94. The molecule has 1 amide bonds. The van der Waals surface area contributed by atoms with Crippen LogP contribution in [0.15, 0.2) is 35.9 Å². The molecule has 38 heavy (non-hydrogen) atoms. The first kappa shape index (κ1) is 28.7. The zero-order chi connectivity index (χ0) is 27.8. The van der Waals surface area contributed by atoms with Crippen molar-refractivity contribution in [2.24, 2.45) is 0 Å². The van der Waals surface area contributed by atoms with Gasteiger partial charge < -0.3 is 24.6 Å². The number of carboxylic acid groups (broad SMARTS) is 1. The average Bonchev–Trinajstić information content (AvgIpc) is 3.26. The molecule has 0 saturated carbocycles. The number of nitrogens with one attached hydrogen (secondary N) is 1. The highest BCUT2D eigenvalue weighted by Crippen LogP contribution is 2.43. The van der Waals surface area contributed by atoms with Crippen LogP contribution in [-0.2, 0) is 32.1 Å². The van der Waals surface area contributed by atoms with E-state index in [9.17, 15) is 19.2 Å². The van der Waals surface area contributed by atoms with Crippen molar-refractivity contribution < 1.29 is 38.5 Å². The molecule has 9 nitrogen and oxygen atoms in total. The van der Waals surface area contributed by atoms with Crippen LogP contribution in [0.4, 0.5) is 5.69 Å². The number of hydrogen-bond donors (Lipinski definition) is 2. The van der Waals surface area contributed by atoms with Gasteiger partial charge in [-0.3, -0.25) is 14.4 Å². The summed E-state index contributed by atoms with van der Waals surface area (Å²) in [4.78, 5) is 48.5. The normalized spacial score (nSPS) is 12.5. The molecular weight excluding hydrogens is 514 g/mol. The number of ether oxygens (including phenoxy) is 3. The molecule has 1 aliphatic heterocycles. The van der Waals surface area contributed by atoms with E-state index in [-0.39, 0.29) is 55.9 Å². The van der Waals surface area contributed by atoms with Crippen LogP contribution in [0.2, 0.25) is 5.02 Å². The average molecular weight is 544 g/mol. The van der Waals surface area contributed by atoms with Crippen molar-refractivity contribution in [1.29, 1.82) is 0 Å². The van der Waals surface area contributed by atoms with E-state index in [4.69, 9.17) is 30.9 Å². The first-order valence-electron chi connectivity index (χ1n) is 12.1. The number of allylic oxidation sites excluding steroid dienone is 2. The molecule has 202 valence electrons. The van der Waals surface area contributed by atoms with E-state index >= 15 is 0 Å². The van der Waals surface area contributed by atoms with Gasteiger partial charge >= 0.3 is 17.9 Å². The minimum Gasteiger partial charge on any atom is -0.496 e. The van der Waals surface area contributed by atoms with Gasteiger partial charge in [0, 0.05) is 41.1 Å². The molecule has 1 heterocycles. The Labute approximate surface area is 225 Å². The van der Waals surface area contributed by atoms with Gasteiger partial charge in [0.2, 0.25) is 5.91 Å². The summed E-state index contributed by atoms with van der Waals surface area (Å²) in [6.45, 7) is 3.65. The molecule has 0 radical (unpaired) electrons. The van der Waals surface area contributed by atoms with Crippen LogP contribution in [0, 0.1) is 6.92 Å². The number of methoxy groups -OCH3 is 1. The highest BCUT2D eigenvalue weighted by molar-refractivity contribution is 6.30. The van der Waals surface area contributed by atoms with E-state index in [0.29, 0.717) is 39.6 Å². The Morgan fingerprint density at radius 2 is 1.82 bits per heavy atom. The number of halogens is 1. The van der Waals surface area contributed by atoms with Gasteiger partial charge in [-0.1, -0.05) is 23.3 Å². The predicted molar refractivity (Wildman–Crippen MR) is 141 cm³/mol. The van der Waals surface area contributed by atoms with Gasteiger partial charge in [0.15, 0.2) is 5.75 Å². The molecule has 0 atom stereocenters. The van der Waals surface area contributed by atoms with Gasteiger partial charge in [0.25, 0.3) is 0 Å². The number of benzene rings is 2. The second-order valence-corrected chi connectivity index (χ2v) is 9.36. The number of carboxylic acids is 1. The molecule has 0 saturated heterocycles. The van der Waals surface area contributed by atoms with Crippen LogP contribution in [0.25, 0.3) is 0 Å². The summed E-state index contributed by atoms with van der Waals surface area (Å²) in [5.74, 6) is -1.82. The number of rotatable bonds is 12. The quantitative estimate of drug-likeness (QED) is 0.207. The van der Waals surface area contributed by atoms with Gasteiger partial charge in [-0.15, -0.1) is 0 Å². The van der Waals surface area contributed by atoms with Gasteiger partial charge in [0.05, 0.1) is 7.11 Å². The monoisotopic (exact) mass is 543 g/mol. The third kappa shape index (κ3) is 7.35. The fourth-order valence-electron chi connectivity index (χ4n) is 4.12. The van der Waals surface area contributed by atoms with Crippen molar-refractivity contribution in [3.05, 3.63) is 63.2 Å². The molecular formula is C28H30ClNO8. The molecule has 0 aliphatic carbocycles. The standard InChI is InChI=1S/C28H30ClNO8/c1-16(8-14-23(32)33)7-13-20-26(36-3)17(2)21-15-37-28(35)25(21)27(20)38-24(34)6-4-5-22(31)30-19-11-9-18(29)10-12-19/h7,9-12H,4-6,8,13-15H2,1-3H3,(H,30,31)(H,32,33)/b16-7+. The SMILES string of the molecule is COc1c(C)c2c(c(OC(=O)CCCC(=O)Nc3ccc(Cl)cc3)c1C/C=C(\C)CCC(=O)O)C(=O)OC2. The molecule has 0 spiro atoms. The lowest BCUT2D eigenvalue weighted by molar-refractivity contribution is -0.137. The maximum absolute atomic E-state index is 12.8. The summed E-state index contributed by atoms with van der Waals surface area (Å²) in [6, 6.07) is 6.68. The Hall–Kier alpha value is -3.85. The van der Waals surface area contributed by atoms with Gasteiger partial charge in [-0.05, 0) is 62.9 Å². The summed E-state index contributed by atoms with van der Waals surface area (Å²) in [6.07, 6.45) is 2.69. The summed E-state index contributed by atoms with van der Waals surface area (Å²) >= 11 is 5.85. The Bertz CT molecular complexity index is 1270. The number of aliphatic carboxylic acids is 1. The number of carbonyl (C=O) groups excluding carboxylic acids is 3. The number of carbonyl (C=O) groups is 4. The Balaban J connectivity index is 1.75. The second-order valence-electron chi connectivity index (χ2n) is 8.93.